The first kappa shape index (κ1) is 21.4. The molecule has 0 aromatic heterocycles. The van der Waals surface area contributed by atoms with E-state index in [1.54, 1.807) is 0 Å². The van der Waals surface area contributed by atoms with Crippen LogP contribution < -0.4 is 9.47 Å². The van der Waals surface area contributed by atoms with Crippen molar-refractivity contribution >= 4 is 5.78 Å². The van der Waals surface area contributed by atoms with E-state index >= 15 is 0 Å². The fourth-order valence-corrected chi connectivity index (χ4v) is 3.93. The Labute approximate surface area is 189 Å². The lowest BCUT2D eigenvalue weighted by molar-refractivity contribution is 0.103. The third-order valence-corrected chi connectivity index (χ3v) is 5.28. The molecule has 0 amide bonds. The molecule has 0 aliphatic rings. The van der Waals surface area contributed by atoms with E-state index in [0.717, 1.165) is 33.8 Å². The summed E-state index contributed by atoms with van der Waals surface area (Å²) in [5, 5.41) is 0. The Morgan fingerprint density at radius 1 is 0.594 bits per heavy atom. The van der Waals surface area contributed by atoms with E-state index in [1.807, 2.05) is 111 Å². The van der Waals surface area contributed by atoms with Gasteiger partial charge in [-0.2, -0.15) is 0 Å². The van der Waals surface area contributed by atoms with Crippen LogP contribution in [-0.2, 0) is 0 Å². The van der Waals surface area contributed by atoms with Gasteiger partial charge >= 0.3 is 0 Å². The number of ketones is 1. The van der Waals surface area contributed by atoms with E-state index in [0.29, 0.717) is 24.3 Å². The van der Waals surface area contributed by atoms with Crippen LogP contribution in [0.15, 0.2) is 97.1 Å². The second-order valence-corrected chi connectivity index (χ2v) is 7.28. The van der Waals surface area contributed by atoms with E-state index < -0.39 is 0 Å². The van der Waals surface area contributed by atoms with Crippen molar-refractivity contribution in [1.29, 1.82) is 0 Å². The van der Waals surface area contributed by atoms with Crippen molar-refractivity contribution in [1.82, 2.24) is 0 Å². The van der Waals surface area contributed by atoms with E-state index in [2.05, 4.69) is 0 Å². The number of carbonyl (C=O) groups is 1. The summed E-state index contributed by atoms with van der Waals surface area (Å²) in [5.74, 6) is 1.51. The van der Waals surface area contributed by atoms with Gasteiger partial charge in [-0.3, -0.25) is 4.79 Å². The zero-order valence-corrected chi connectivity index (χ0v) is 18.4. The van der Waals surface area contributed by atoms with Gasteiger partial charge in [0.2, 0.25) is 0 Å². The molecule has 3 heteroatoms. The second kappa shape index (κ2) is 9.97. The standard InChI is InChI=1S/C29H26O3/c1-3-31-26-19-10-8-15-22(26)23-17-12-18-25(29(30)21-13-6-5-7-14-21)28(23)24-16-9-11-20-27(24)32-4-2/h5-20H,3-4H2,1-2H3. The quantitative estimate of drug-likeness (QED) is 0.285. The average Bonchev–Trinajstić information content (AvgIpc) is 2.85. The topological polar surface area (TPSA) is 35.5 Å². The van der Waals surface area contributed by atoms with Crippen molar-refractivity contribution in [2.24, 2.45) is 0 Å². The van der Waals surface area contributed by atoms with Crippen molar-refractivity contribution in [3.8, 4) is 33.8 Å². The molecule has 0 fully saturated rings. The monoisotopic (exact) mass is 422 g/mol. The van der Waals surface area contributed by atoms with Crippen LogP contribution in [0.2, 0.25) is 0 Å². The van der Waals surface area contributed by atoms with Gasteiger partial charge in [-0.15, -0.1) is 0 Å². The lowest BCUT2D eigenvalue weighted by Crippen LogP contribution is -2.06. The van der Waals surface area contributed by atoms with E-state index in [1.165, 1.54) is 0 Å². The summed E-state index contributed by atoms with van der Waals surface area (Å²) in [7, 11) is 0. The number of hydrogen-bond acceptors (Lipinski definition) is 3. The molecule has 0 saturated heterocycles. The van der Waals surface area contributed by atoms with E-state index in [-0.39, 0.29) is 5.78 Å². The summed E-state index contributed by atoms with van der Waals surface area (Å²) >= 11 is 0. The number of benzene rings is 4. The smallest absolute Gasteiger partial charge is 0.193 e. The van der Waals surface area contributed by atoms with Gasteiger partial charge in [-0.1, -0.05) is 84.9 Å². The van der Waals surface area contributed by atoms with E-state index in [9.17, 15) is 4.79 Å². The number of rotatable bonds is 8. The third-order valence-electron chi connectivity index (χ3n) is 5.28. The highest BCUT2D eigenvalue weighted by Gasteiger charge is 2.22. The first-order valence-corrected chi connectivity index (χ1v) is 10.9. The average molecular weight is 423 g/mol. The summed E-state index contributed by atoms with van der Waals surface area (Å²) in [5.41, 5.74) is 4.89. The SMILES string of the molecule is CCOc1ccccc1-c1cccc(C(=O)c2ccccc2)c1-c1ccccc1OCC. The van der Waals surface area contributed by atoms with E-state index in [4.69, 9.17) is 9.47 Å². The molecule has 0 radical (unpaired) electrons. The highest BCUT2D eigenvalue weighted by atomic mass is 16.5. The molecule has 0 saturated carbocycles. The molecule has 0 bridgehead atoms. The van der Waals surface area contributed by atoms with Crippen LogP contribution in [0.25, 0.3) is 22.3 Å². The number of ether oxygens (including phenoxy) is 2. The van der Waals surface area contributed by atoms with Gasteiger partial charge in [0.05, 0.1) is 13.2 Å². The molecule has 0 heterocycles. The van der Waals surface area contributed by atoms with Gasteiger partial charge in [-0.25, -0.2) is 0 Å². The maximum Gasteiger partial charge on any atom is 0.193 e. The van der Waals surface area contributed by atoms with Crippen LogP contribution in [0.3, 0.4) is 0 Å². The zero-order valence-electron chi connectivity index (χ0n) is 18.4. The van der Waals surface area contributed by atoms with Gasteiger partial charge in [0.1, 0.15) is 11.5 Å². The van der Waals surface area contributed by atoms with Gasteiger partial charge in [0.15, 0.2) is 5.78 Å². The minimum Gasteiger partial charge on any atom is -0.493 e. The molecule has 4 rings (SSSR count). The second-order valence-electron chi connectivity index (χ2n) is 7.28. The maximum atomic E-state index is 13.6. The Morgan fingerprint density at radius 3 is 1.78 bits per heavy atom. The van der Waals surface area contributed by atoms with Crippen molar-refractivity contribution in [2.75, 3.05) is 13.2 Å². The van der Waals surface area contributed by atoms with Crippen molar-refractivity contribution in [2.45, 2.75) is 13.8 Å². The van der Waals surface area contributed by atoms with Gasteiger partial charge in [0.25, 0.3) is 0 Å². The Bertz CT molecular complexity index is 1210. The van der Waals surface area contributed by atoms with Crippen LogP contribution >= 0.6 is 0 Å². The Kier molecular flexibility index (Phi) is 6.66. The van der Waals surface area contributed by atoms with Crippen molar-refractivity contribution in [3.05, 3.63) is 108 Å². The fraction of sp³-hybridized carbons (Fsp3) is 0.138. The maximum absolute atomic E-state index is 13.6. The van der Waals surface area contributed by atoms with Gasteiger partial charge < -0.3 is 9.47 Å². The molecular weight excluding hydrogens is 396 g/mol. The molecule has 0 aliphatic heterocycles. The molecule has 0 unspecified atom stereocenters. The molecule has 0 atom stereocenters. The first-order valence-electron chi connectivity index (χ1n) is 10.9. The number of hydrogen-bond donors (Lipinski definition) is 0. The van der Waals surface area contributed by atoms with Crippen LogP contribution in [0.5, 0.6) is 11.5 Å². The highest BCUT2D eigenvalue weighted by Crippen LogP contribution is 2.43. The summed E-state index contributed by atoms with van der Waals surface area (Å²) in [6.45, 7) is 5.03. The highest BCUT2D eigenvalue weighted by molar-refractivity contribution is 6.15. The Morgan fingerprint density at radius 2 is 1.12 bits per heavy atom. The van der Waals surface area contributed by atoms with Crippen molar-refractivity contribution in [3.63, 3.8) is 0 Å². The molecule has 0 aliphatic carbocycles. The molecule has 0 spiro atoms. The minimum atomic E-state index is -0.0253. The van der Waals surface area contributed by atoms with Crippen LogP contribution in [0.4, 0.5) is 0 Å². The predicted molar refractivity (Wildman–Crippen MR) is 130 cm³/mol. The Balaban J connectivity index is 2.02. The van der Waals surface area contributed by atoms with Gasteiger partial charge in [-0.05, 0) is 31.5 Å². The summed E-state index contributed by atoms with van der Waals surface area (Å²) < 4.78 is 11.9. The predicted octanol–water partition coefficient (Wildman–Crippen LogP) is 7.05. The van der Waals surface area contributed by atoms with Gasteiger partial charge in [0, 0.05) is 27.8 Å². The molecule has 32 heavy (non-hydrogen) atoms. The fourth-order valence-electron chi connectivity index (χ4n) is 3.93. The van der Waals surface area contributed by atoms with Crippen molar-refractivity contribution < 1.29 is 14.3 Å². The largest absolute Gasteiger partial charge is 0.493 e. The summed E-state index contributed by atoms with van der Waals surface area (Å²) in [4.78, 5) is 13.6. The number of carbonyl (C=O) groups excluding carboxylic acids is 1. The molecule has 3 nitrogen and oxygen atoms in total. The van der Waals surface area contributed by atoms with Crippen LogP contribution in [0.1, 0.15) is 29.8 Å². The summed E-state index contributed by atoms with van der Waals surface area (Å²) in [6.07, 6.45) is 0. The lowest BCUT2D eigenvalue weighted by atomic mass is 9.86. The first-order chi connectivity index (χ1) is 15.7. The molecule has 0 N–H and O–H groups in total. The Hall–Kier alpha value is -3.85. The zero-order chi connectivity index (χ0) is 22.3. The van der Waals surface area contributed by atoms with Crippen LogP contribution in [-0.4, -0.2) is 19.0 Å². The minimum absolute atomic E-state index is 0.0253. The summed E-state index contributed by atoms with van der Waals surface area (Å²) in [6, 6.07) is 31.1. The molecule has 160 valence electrons. The molecule has 4 aromatic rings. The third kappa shape index (κ3) is 4.28. The molecule has 4 aromatic carbocycles. The lowest BCUT2D eigenvalue weighted by Gasteiger charge is -2.19. The molecular formula is C29H26O3. The van der Waals surface area contributed by atoms with Crippen LogP contribution in [0, 0.1) is 0 Å². The normalized spacial score (nSPS) is 10.6. The number of para-hydroxylation sites is 2.